The molecule has 1 aliphatic heterocycles. The van der Waals surface area contributed by atoms with E-state index in [0.29, 0.717) is 12.6 Å². The van der Waals surface area contributed by atoms with Crippen molar-refractivity contribution in [2.24, 2.45) is 5.73 Å². The third kappa shape index (κ3) is 5.83. The molecule has 0 bridgehead atoms. The van der Waals surface area contributed by atoms with Crippen molar-refractivity contribution in [1.29, 1.82) is 0 Å². The van der Waals surface area contributed by atoms with Crippen LogP contribution in [0.4, 0.5) is 4.79 Å². The second-order valence-corrected chi connectivity index (χ2v) is 7.03. The molecule has 3 N–H and O–H groups in total. The van der Waals surface area contributed by atoms with E-state index in [2.05, 4.69) is 17.1 Å². The highest BCUT2D eigenvalue weighted by atomic mass is 16.6. The number of alkyl carbamates (subject to hydrolysis) is 1. The zero-order valence-electron chi connectivity index (χ0n) is 14.3. The fourth-order valence-corrected chi connectivity index (χ4v) is 3.11. The summed E-state index contributed by atoms with van der Waals surface area (Å²) in [6.45, 7) is 11.5. The minimum absolute atomic E-state index is 0.0167. The molecule has 1 amide bonds. The first-order valence-corrected chi connectivity index (χ1v) is 8.23. The zero-order chi connectivity index (χ0) is 16.0. The molecule has 0 aliphatic carbocycles. The number of nitrogens with one attached hydrogen (secondary N) is 1. The monoisotopic (exact) mass is 299 g/mol. The molecular formula is C16H33N3O2. The van der Waals surface area contributed by atoms with Crippen LogP contribution in [0.1, 0.15) is 60.3 Å². The fourth-order valence-electron chi connectivity index (χ4n) is 3.11. The van der Waals surface area contributed by atoms with Crippen LogP contribution in [0.5, 0.6) is 0 Å². The summed E-state index contributed by atoms with van der Waals surface area (Å²) in [5, 5.41) is 2.95. The summed E-state index contributed by atoms with van der Waals surface area (Å²) in [6.07, 6.45) is 4.51. The van der Waals surface area contributed by atoms with Crippen molar-refractivity contribution >= 4 is 6.09 Å². The van der Waals surface area contributed by atoms with Gasteiger partial charge in [0.25, 0.3) is 0 Å². The SMILES string of the molecule is CCC1CCCCN1C(CN)C(C)NC(=O)OC(C)(C)C. The molecule has 5 heteroatoms. The molecule has 0 spiro atoms. The van der Waals surface area contributed by atoms with Crippen LogP contribution in [0.3, 0.4) is 0 Å². The standard InChI is InChI=1S/C16H33N3O2/c1-6-13-9-7-8-10-19(13)14(11-17)12(2)18-15(20)21-16(3,4)5/h12-14H,6-11,17H2,1-5H3,(H,18,20). The Labute approximate surface area is 129 Å². The van der Waals surface area contributed by atoms with Crippen molar-refractivity contribution in [3.05, 3.63) is 0 Å². The Morgan fingerprint density at radius 3 is 2.62 bits per heavy atom. The second-order valence-electron chi connectivity index (χ2n) is 7.03. The molecule has 5 nitrogen and oxygen atoms in total. The summed E-state index contributed by atoms with van der Waals surface area (Å²) in [5.74, 6) is 0. The molecule has 1 fully saturated rings. The van der Waals surface area contributed by atoms with Crippen LogP contribution in [0.2, 0.25) is 0 Å². The van der Waals surface area contributed by atoms with E-state index in [0.717, 1.165) is 13.0 Å². The fraction of sp³-hybridized carbons (Fsp3) is 0.938. The first kappa shape index (κ1) is 18.2. The lowest BCUT2D eigenvalue weighted by atomic mass is 9.95. The van der Waals surface area contributed by atoms with Crippen molar-refractivity contribution in [1.82, 2.24) is 10.2 Å². The summed E-state index contributed by atoms with van der Waals surface area (Å²) in [5.41, 5.74) is 5.52. The van der Waals surface area contributed by atoms with E-state index in [9.17, 15) is 4.79 Å². The van der Waals surface area contributed by atoms with E-state index in [1.807, 2.05) is 27.7 Å². The Morgan fingerprint density at radius 1 is 1.43 bits per heavy atom. The normalized spacial score (nSPS) is 23.4. The van der Waals surface area contributed by atoms with Gasteiger partial charge >= 0.3 is 6.09 Å². The lowest BCUT2D eigenvalue weighted by molar-refractivity contribution is 0.0404. The molecule has 0 radical (unpaired) electrons. The van der Waals surface area contributed by atoms with E-state index in [-0.39, 0.29) is 18.2 Å². The second kappa shape index (κ2) is 7.99. The Bertz CT molecular complexity index is 328. The highest BCUT2D eigenvalue weighted by molar-refractivity contribution is 5.68. The molecule has 0 aromatic heterocycles. The van der Waals surface area contributed by atoms with E-state index < -0.39 is 5.60 Å². The number of amides is 1. The predicted octanol–water partition coefficient (Wildman–Crippen LogP) is 2.49. The number of likely N-dealkylation sites (tertiary alicyclic amines) is 1. The molecular weight excluding hydrogens is 266 g/mol. The smallest absolute Gasteiger partial charge is 0.407 e. The molecule has 0 aromatic carbocycles. The Kier molecular flexibility index (Phi) is 6.94. The van der Waals surface area contributed by atoms with Crippen LogP contribution in [0, 0.1) is 0 Å². The van der Waals surface area contributed by atoms with Gasteiger partial charge in [-0.25, -0.2) is 4.79 Å². The first-order valence-electron chi connectivity index (χ1n) is 8.23. The van der Waals surface area contributed by atoms with Gasteiger partial charge in [-0.05, 0) is 53.5 Å². The molecule has 0 aromatic rings. The number of piperidine rings is 1. The van der Waals surface area contributed by atoms with Crippen molar-refractivity contribution < 1.29 is 9.53 Å². The lowest BCUT2D eigenvalue weighted by Crippen LogP contribution is -2.58. The number of nitrogens with zero attached hydrogens (tertiary/aromatic N) is 1. The average molecular weight is 299 g/mol. The van der Waals surface area contributed by atoms with Crippen LogP contribution < -0.4 is 11.1 Å². The maximum atomic E-state index is 11.9. The van der Waals surface area contributed by atoms with Gasteiger partial charge in [-0.1, -0.05) is 13.3 Å². The highest BCUT2D eigenvalue weighted by Crippen LogP contribution is 2.23. The van der Waals surface area contributed by atoms with E-state index in [1.165, 1.54) is 19.3 Å². The van der Waals surface area contributed by atoms with Gasteiger partial charge in [0.05, 0.1) is 0 Å². The topological polar surface area (TPSA) is 67.6 Å². The third-order valence-electron chi connectivity index (χ3n) is 4.13. The molecule has 124 valence electrons. The van der Waals surface area contributed by atoms with E-state index in [1.54, 1.807) is 0 Å². The summed E-state index contributed by atoms with van der Waals surface area (Å²) in [7, 11) is 0. The largest absolute Gasteiger partial charge is 0.444 e. The zero-order valence-corrected chi connectivity index (χ0v) is 14.3. The number of rotatable bonds is 5. The number of carbonyl (C=O) groups excluding carboxylic acids is 1. The van der Waals surface area contributed by atoms with Gasteiger partial charge in [0.1, 0.15) is 5.60 Å². The van der Waals surface area contributed by atoms with Gasteiger partial charge in [-0.15, -0.1) is 0 Å². The van der Waals surface area contributed by atoms with Crippen LogP contribution in [-0.4, -0.2) is 47.8 Å². The van der Waals surface area contributed by atoms with Gasteiger partial charge in [-0.3, -0.25) is 4.90 Å². The summed E-state index contributed by atoms with van der Waals surface area (Å²) in [4.78, 5) is 14.4. The van der Waals surface area contributed by atoms with Gasteiger partial charge in [0, 0.05) is 24.7 Å². The minimum Gasteiger partial charge on any atom is -0.444 e. The van der Waals surface area contributed by atoms with Gasteiger partial charge < -0.3 is 15.8 Å². The number of ether oxygens (including phenoxy) is 1. The van der Waals surface area contributed by atoms with Gasteiger partial charge in [0.2, 0.25) is 0 Å². The minimum atomic E-state index is -0.473. The number of hydrogen-bond acceptors (Lipinski definition) is 4. The quantitative estimate of drug-likeness (QED) is 0.818. The van der Waals surface area contributed by atoms with Gasteiger partial charge in [-0.2, -0.15) is 0 Å². The Hall–Kier alpha value is -0.810. The van der Waals surface area contributed by atoms with Crippen LogP contribution in [0.25, 0.3) is 0 Å². The van der Waals surface area contributed by atoms with Gasteiger partial charge in [0.15, 0.2) is 0 Å². The molecule has 3 atom stereocenters. The van der Waals surface area contributed by atoms with Crippen molar-refractivity contribution in [2.45, 2.75) is 84.0 Å². The molecule has 1 saturated heterocycles. The van der Waals surface area contributed by atoms with Crippen LogP contribution >= 0.6 is 0 Å². The maximum Gasteiger partial charge on any atom is 0.407 e. The third-order valence-corrected chi connectivity index (χ3v) is 4.13. The average Bonchev–Trinajstić information content (AvgIpc) is 2.37. The summed E-state index contributed by atoms with van der Waals surface area (Å²) >= 11 is 0. The van der Waals surface area contributed by atoms with Crippen LogP contribution in [-0.2, 0) is 4.74 Å². The van der Waals surface area contributed by atoms with Crippen molar-refractivity contribution in [3.63, 3.8) is 0 Å². The number of hydrogen-bond donors (Lipinski definition) is 2. The van der Waals surface area contributed by atoms with Crippen molar-refractivity contribution in [3.8, 4) is 0 Å². The lowest BCUT2D eigenvalue weighted by Gasteiger charge is -2.43. The molecule has 1 aliphatic rings. The Balaban J connectivity index is 2.63. The molecule has 1 heterocycles. The van der Waals surface area contributed by atoms with E-state index >= 15 is 0 Å². The molecule has 1 rings (SSSR count). The molecule has 21 heavy (non-hydrogen) atoms. The predicted molar refractivity (Wildman–Crippen MR) is 86.3 cm³/mol. The summed E-state index contributed by atoms with van der Waals surface area (Å²) < 4.78 is 5.33. The highest BCUT2D eigenvalue weighted by Gasteiger charge is 2.31. The number of nitrogens with two attached hydrogens (primary N) is 1. The summed E-state index contributed by atoms with van der Waals surface area (Å²) in [6, 6.07) is 0.731. The van der Waals surface area contributed by atoms with E-state index in [4.69, 9.17) is 10.5 Å². The molecule has 0 saturated carbocycles. The Morgan fingerprint density at radius 2 is 2.10 bits per heavy atom. The maximum absolute atomic E-state index is 11.9. The van der Waals surface area contributed by atoms with Crippen LogP contribution in [0.15, 0.2) is 0 Å². The molecule has 3 unspecified atom stereocenters. The number of carbonyl (C=O) groups is 1. The first-order chi connectivity index (χ1) is 9.78. The van der Waals surface area contributed by atoms with Crippen molar-refractivity contribution in [2.75, 3.05) is 13.1 Å².